The highest BCUT2D eigenvalue weighted by Crippen LogP contribution is 2.29. The third-order valence-electron chi connectivity index (χ3n) is 16.0. The lowest BCUT2D eigenvalue weighted by Crippen LogP contribution is -2.61. The number of rotatable bonds is 20. The van der Waals surface area contributed by atoms with Crippen LogP contribution >= 0.6 is 43.2 Å². The van der Waals surface area contributed by atoms with Crippen molar-refractivity contribution in [2.75, 3.05) is 63.4 Å². The zero-order valence-electron chi connectivity index (χ0n) is 55.0. The van der Waals surface area contributed by atoms with Crippen LogP contribution < -0.4 is 79.0 Å². The average molecular weight is 1450 g/mol. The molecule has 0 radical (unpaired) electrons. The molecule has 0 saturated carbocycles. The van der Waals surface area contributed by atoms with Crippen LogP contribution in [-0.4, -0.2) is 244 Å². The number of aromatic amines is 1. The summed E-state index contributed by atoms with van der Waals surface area (Å²) >= 11 is 0. The minimum atomic E-state index is -1.71. The van der Waals surface area contributed by atoms with E-state index in [9.17, 15) is 72.5 Å². The number of aliphatic carboxylic acids is 1. The van der Waals surface area contributed by atoms with Gasteiger partial charge in [-0.2, -0.15) is 0 Å². The molecule has 17 N–H and O–H groups in total. The fourth-order valence-corrected chi connectivity index (χ4v) is 15.4. The molecular formula is C60H88N16O18S4. The Morgan fingerprint density at radius 2 is 1.37 bits per heavy atom. The third kappa shape index (κ3) is 23.8. The first-order valence-corrected chi connectivity index (χ1v) is 36.8. The van der Waals surface area contributed by atoms with Gasteiger partial charge < -0.3 is 99.1 Å². The van der Waals surface area contributed by atoms with Gasteiger partial charge in [-0.15, -0.1) is 0 Å². The fourth-order valence-electron chi connectivity index (χ4n) is 10.7. The summed E-state index contributed by atoms with van der Waals surface area (Å²) in [7, 11) is 6.30. The van der Waals surface area contributed by atoms with Crippen molar-refractivity contribution in [3.8, 4) is 11.5 Å². The molecule has 98 heavy (non-hydrogen) atoms. The number of aliphatic hydroxyl groups is 1. The number of amides is 13. The number of aliphatic hydroxyl groups excluding tert-OH is 1. The van der Waals surface area contributed by atoms with Crippen LogP contribution in [0.2, 0.25) is 0 Å². The Hall–Kier alpha value is -8.07. The molecule has 540 valence electrons. The summed E-state index contributed by atoms with van der Waals surface area (Å²) in [6.45, 7) is 5.23. The maximum Gasteiger partial charge on any atom is 0.327 e. The average Bonchev–Trinajstić information content (AvgIpc) is 1.64. The maximum absolute atomic E-state index is 15.0. The van der Waals surface area contributed by atoms with Crippen LogP contribution in [0.1, 0.15) is 83.9 Å². The molecule has 4 aliphatic rings. The van der Waals surface area contributed by atoms with Gasteiger partial charge in [-0.25, -0.2) is 9.78 Å². The summed E-state index contributed by atoms with van der Waals surface area (Å²) in [5.74, 6) is -14.7. The number of ether oxygens (including phenoxy) is 2. The summed E-state index contributed by atoms with van der Waals surface area (Å²) in [5, 5.41) is 52.8. The Morgan fingerprint density at radius 3 is 2.01 bits per heavy atom. The Kier molecular flexibility index (Phi) is 31.3. The highest BCUT2D eigenvalue weighted by molar-refractivity contribution is 8.77. The molecule has 12 atom stereocenters. The number of carbonyl (C=O) groups is 14. The number of aromatic nitrogens is 2. The molecule has 34 nitrogen and oxygen atoms in total. The molecule has 5 heterocycles. The molecule has 4 fully saturated rings. The number of hydrogen-bond donors (Lipinski definition) is 16. The quantitative estimate of drug-likeness (QED) is 0.0441. The summed E-state index contributed by atoms with van der Waals surface area (Å²) in [6, 6.07) is -11.6. The van der Waals surface area contributed by atoms with Gasteiger partial charge in [0.25, 0.3) is 0 Å². The van der Waals surface area contributed by atoms with Crippen LogP contribution in [0, 0.1) is 11.8 Å². The van der Waals surface area contributed by atoms with Crippen molar-refractivity contribution in [1.82, 2.24) is 78.7 Å². The molecule has 2 aromatic rings. The van der Waals surface area contributed by atoms with Crippen molar-refractivity contribution in [3.63, 3.8) is 0 Å². The van der Waals surface area contributed by atoms with Crippen LogP contribution in [0.5, 0.6) is 11.5 Å². The number of H-pyrrole nitrogens is 1. The number of methoxy groups -OCH3 is 2. The second kappa shape index (κ2) is 38.9. The monoisotopic (exact) mass is 1450 g/mol. The maximum atomic E-state index is 15.0. The van der Waals surface area contributed by atoms with E-state index in [1.54, 1.807) is 45.9 Å². The molecule has 2 bridgehead atoms. The van der Waals surface area contributed by atoms with Gasteiger partial charge in [0.1, 0.15) is 78.0 Å². The zero-order valence-corrected chi connectivity index (χ0v) is 58.3. The van der Waals surface area contributed by atoms with Crippen LogP contribution in [0.4, 0.5) is 0 Å². The van der Waals surface area contributed by atoms with E-state index in [-0.39, 0.29) is 87.1 Å². The van der Waals surface area contributed by atoms with Crippen LogP contribution in [0.3, 0.4) is 0 Å². The summed E-state index contributed by atoms with van der Waals surface area (Å²) in [5.41, 5.74) is 6.57. The number of carbonyl (C=O) groups excluding carboxylic acids is 13. The standard InChI is InChI=1S/C60H88N16O18S4/c1-29(2)17-36-53(84)72-40-25-96-95-24-39(51(82)64-22-46(79)67-37(18-31-10-11-33(93-5)20-44(31)94-6)54(85)68-34(52(83)69-36)9-7-8-15-61)71-56(87)41(73-57(88)48(30(3)4)75-47(80)23-63-50(81)35-12-13-45(78)66-35)26-97-98-27-42(60(91)92)74-58(89)49-43(77)14-16-76(49)59(90)38(70-55(40)86)19-32-21-62-28-65-32/h10-11,20-21,28-30,34-43,48-49,77H,7-9,12-19,22-27,61H2,1-6H3,(H,62,65)(H,63,81)(H,64,82)(H,66,78)(H,67,79)(H,68,85)(H,69,83)(H,70,86)(H,71,87)(H,72,84)(H,73,88)(H,74,89)(H,75,80)(H,91,92)/t34-,35-,36-,37-,38-,39-,40-,41-,42-,43-,48-,49-/m0/s1. The Bertz CT molecular complexity index is 3190. The molecule has 6 rings (SSSR count). The van der Waals surface area contributed by atoms with E-state index in [0.29, 0.717) is 29.8 Å². The second-order valence-electron chi connectivity index (χ2n) is 24.3. The number of nitrogens with one attached hydrogen (secondary N) is 13. The van der Waals surface area contributed by atoms with Crippen molar-refractivity contribution >= 4 is 126 Å². The molecule has 0 unspecified atom stereocenters. The normalized spacial score (nSPS) is 25.9. The van der Waals surface area contributed by atoms with E-state index in [1.807, 2.05) is 0 Å². The highest BCUT2D eigenvalue weighted by Gasteiger charge is 2.45. The number of benzene rings is 1. The van der Waals surface area contributed by atoms with Gasteiger partial charge in [-0.1, -0.05) is 76.9 Å². The topological polar surface area (TPSA) is 500 Å². The number of carboxylic acid groups (broad SMARTS) is 1. The van der Waals surface area contributed by atoms with E-state index >= 15 is 4.79 Å². The minimum absolute atomic E-state index is 0.0102. The molecule has 4 saturated heterocycles. The second-order valence-corrected chi connectivity index (χ2v) is 29.4. The number of carboxylic acids is 1. The highest BCUT2D eigenvalue weighted by atomic mass is 33.1. The first kappa shape index (κ1) is 78.9. The van der Waals surface area contributed by atoms with Gasteiger partial charge in [0.05, 0.1) is 39.7 Å². The van der Waals surface area contributed by atoms with E-state index in [0.717, 1.165) is 48.1 Å². The molecule has 1 aromatic carbocycles. The zero-order chi connectivity index (χ0) is 71.8. The predicted molar refractivity (Wildman–Crippen MR) is 361 cm³/mol. The molecule has 13 amide bonds. The largest absolute Gasteiger partial charge is 0.497 e. The smallest absolute Gasteiger partial charge is 0.327 e. The number of imidazole rings is 1. The predicted octanol–water partition coefficient (Wildman–Crippen LogP) is -4.25. The van der Waals surface area contributed by atoms with Crippen molar-refractivity contribution in [3.05, 3.63) is 42.0 Å². The van der Waals surface area contributed by atoms with Crippen molar-refractivity contribution in [2.45, 2.75) is 158 Å². The summed E-state index contributed by atoms with van der Waals surface area (Å²) in [4.78, 5) is 205. The number of unbranched alkanes of at least 4 members (excludes halogenated alkanes) is 1. The SMILES string of the molecule is COc1ccc(C[C@@H]2NC(=O)CNC(=O)[C@@H]3CSSC[C@H](NC(=O)[C@H](CC(C)C)NC(=O)[C@H](CCCCN)NC2=O)C(=O)N[C@@H](Cc2cnc[nH]2)C(=O)N2CC[C@H](O)[C@H]2C(=O)N[C@H](C(=O)O)CSSC[C@H](NC(=O)[C@@H](NC(=O)CNC(=O)[C@@H]2CCC(=O)N2)C(C)C)C(=O)N3)c(OC)c1. The van der Waals surface area contributed by atoms with Crippen LogP contribution in [0.15, 0.2) is 30.7 Å². The summed E-state index contributed by atoms with van der Waals surface area (Å²) in [6.07, 6.45) is 1.46. The summed E-state index contributed by atoms with van der Waals surface area (Å²) < 4.78 is 11.0. The van der Waals surface area contributed by atoms with Gasteiger partial charge in [0.2, 0.25) is 76.8 Å². The molecular weight excluding hydrogens is 1360 g/mol. The van der Waals surface area contributed by atoms with Crippen molar-refractivity contribution in [1.29, 1.82) is 0 Å². The van der Waals surface area contributed by atoms with Gasteiger partial charge in [0, 0.05) is 66.8 Å². The van der Waals surface area contributed by atoms with Gasteiger partial charge in [-0.05, 0) is 68.5 Å². The van der Waals surface area contributed by atoms with Crippen LogP contribution in [-0.2, 0) is 80.0 Å². The number of fused-ring (bicyclic) bond motifs is 6. The van der Waals surface area contributed by atoms with Crippen molar-refractivity contribution < 1.29 is 86.8 Å². The Labute approximate surface area is 581 Å². The van der Waals surface area contributed by atoms with E-state index in [1.165, 1.54) is 26.7 Å². The first-order chi connectivity index (χ1) is 46.7. The lowest BCUT2D eigenvalue weighted by molar-refractivity contribution is -0.146. The molecule has 0 aliphatic carbocycles. The molecule has 38 heteroatoms. The lowest BCUT2D eigenvalue weighted by atomic mass is 10.0. The number of nitrogens with two attached hydrogens (primary N) is 1. The van der Waals surface area contributed by atoms with E-state index in [2.05, 4.69) is 73.8 Å². The molecule has 0 spiro atoms. The van der Waals surface area contributed by atoms with E-state index in [4.69, 9.17) is 15.2 Å². The van der Waals surface area contributed by atoms with Crippen molar-refractivity contribution in [2.24, 2.45) is 17.6 Å². The Morgan fingerprint density at radius 1 is 0.704 bits per heavy atom. The number of hydrogen-bond acceptors (Lipinski definition) is 23. The van der Waals surface area contributed by atoms with Gasteiger partial charge in [0.15, 0.2) is 0 Å². The Balaban J connectivity index is 1.43. The lowest BCUT2D eigenvalue weighted by Gasteiger charge is -2.31. The third-order valence-corrected chi connectivity index (χ3v) is 20.9. The van der Waals surface area contributed by atoms with Gasteiger partial charge >= 0.3 is 5.97 Å². The molecule has 4 aliphatic heterocycles. The minimum Gasteiger partial charge on any atom is -0.497 e. The molecule has 1 aromatic heterocycles. The first-order valence-electron chi connectivity index (χ1n) is 31.8. The van der Waals surface area contributed by atoms with Gasteiger partial charge in [-0.3, -0.25) is 62.3 Å². The van der Waals surface area contributed by atoms with Crippen LogP contribution in [0.25, 0.3) is 0 Å². The fraction of sp³-hybridized carbons (Fsp3) is 0.617. The van der Waals surface area contributed by atoms with E-state index < -0.39 is 180 Å². The number of nitrogens with zero attached hydrogens (tertiary/aromatic N) is 2.